The lowest BCUT2D eigenvalue weighted by molar-refractivity contribution is 0.391. The lowest BCUT2D eigenvalue weighted by Gasteiger charge is -2.03. The van der Waals surface area contributed by atoms with Crippen molar-refractivity contribution in [2.45, 2.75) is 17.8 Å². The third kappa shape index (κ3) is 2.83. The van der Waals surface area contributed by atoms with E-state index in [-0.39, 0.29) is 0 Å². The number of hydrogen-bond donors (Lipinski definition) is 0. The van der Waals surface area contributed by atoms with Crippen LogP contribution in [0.1, 0.15) is 11.5 Å². The number of tetrazole rings is 1. The molecule has 0 aliphatic heterocycles. The Kier molecular flexibility index (Phi) is 3.70. The van der Waals surface area contributed by atoms with Crippen LogP contribution in [0.5, 0.6) is 0 Å². The van der Waals surface area contributed by atoms with E-state index in [1.54, 1.807) is 16.8 Å². The summed E-state index contributed by atoms with van der Waals surface area (Å²) in [5.41, 5.74) is 1.67. The maximum Gasteiger partial charge on any atom is 0.214 e. The normalized spacial score (nSPS) is 10.9. The number of benzene rings is 1. The zero-order valence-corrected chi connectivity index (χ0v) is 12.1. The smallest absolute Gasteiger partial charge is 0.214 e. The number of hydrogen-bond acceptors (Lipinski definition) is 6. The summed E-state index contributed by atoms with van der Waals surface area (Å²) in [6, 6.07) is 9.25. The minimum Gasteiger partial charge on any atom is -0.360 e. The van der Waals surface area contributed by atoms with Crippen molar-refractivity contribution in [3.8, 4) is 5.69 Å². The zero-order valence-electron chi connectivity index (χ0n) is 10.5. The summed E-state index contributed by atoms with van der Waals surface area (Å²) in [6.45, 7) is 1.88. The second-order valence-electron chi connectivity index (χ2n) is 4.08. The van der Waals surface area contributed by atoms with Crippen LogP contribution in [0.25, 0.3) is 5.69 Å². The number of rotatable bonds is 4. The van der Waals surface area contributed by atoms with E-state index in [2.05, 4.69) is 20.7 Å². The van der Waals surface area contributed by atoms with Crippen molar-refractivity contribution in [1.29, 1.82) is 0 Å². The van der Waals surface area contributed by atoms with E-state index in [9.17, 15) is 0 Å². The van der Waals surface area contributed by atoms with Gasteiger partial charge in [-0.25, -0.2) is 0 Å². The molecule has 1 aromatic carbocycles. The lowest BCUT2D eigenvalue weighted by Crippen LogP contribution is -1.98. The Morgan fingerprint density at radius 1 is 1.35 bits per heavy atom. The summed E-state index contributed by atoms with van der Waals surface area (Å²) < 4.78 is 6.80. The molecule has 0 atom stereocenters. The molecule has 2 heterocycles. The van der Waals surface area contributed by atoms with Gasteiger partial charge in [0.1, 0.15) is 5.76 Å². The SMILES string of the molecule is Cc1cc(CSc2nnnn2-c2cccc(Cl)c2)on1. The molecule has 6 nitrogen and oxygen atoms in total. The summed E-state index contributed by atoms with van der Waals surface area (Å²) in [4.78, 5) is 0. The van der Waals surface area contributed by atoms with Crippen molar-refractivity contribution in [1.82, 2.24) is 25.4 Å². The van der Waals surface area contributed by atoms with Crippen LogP contribution in [-0.4, -0.2) is 25.4 Å². The Bertz CT molecular complexity index is 726. The first-order valence-electron chi connectivity index (χ1n) is 5.82. The van der Waals surface area contributed by atoms with Gasteiger partial charge < -0.3 is 4.52 Å². The zero-order chi connectivity index (χ0) is 13.9. The third-order valence-electron chi connectivity index (χ3n) is 2.51. The molecular formula is C12H10ClN5OS. The minimum absolute atomic E-state index is 0.613. The molecule has 102 valence electrons. The van der Waals surface area contributed by atoms with Crippen molar-refractivity contribution in [3.63, 3.8) is 0 Å². The lowest BCUT2D eigenvalue weighted by atomic mass is 10.3. The Hall–Kier alpha value is -1.86. The summed E-state index contributed by atoms with van der Waals surface area (Å²) in [5, 5.41) is 16.8. The molecule has 3 aromatic rings. The standard InChI is InChI=1S/C12H10ClN5OS/c1-8-5-11(19-15-8)7-20-12-14-16-17-18(12)10-4-2-3-9(13)6-10/h2-6H,7H2,1H3. The molecule has 0 unspecified atom stereocenters. The molecular weight excluding hydrogens is 298 g/mol. The molecule has 3 rings (SSSR count). The molecule has 0 fully saturated rings. The fourth-order valence-electron chi connectivity index (χ4n) is 1.66. The maximum atomic E-state index is 5.98. The van der Waals surface area contributed by atoms with Gasteiger partial charge in [0, 0.05) is 11.1 Å². The molecule has 20 heavy (non-hydrogen) atoms. The topological polar surface area (TPSA) is 69.6 Å². The van der Waals surface area contributed by atoms with E-state index in [4.69, 9.17) is 16.1 Å². The van der Waals surface area contributed by atoms with Crippen LogP contribution in [-0.2, 0) is 5.75 Å². The second-order valence-corrected chi connectivity index (χ2v) is 5.46. The van der Waals surface area contributed by atoms with Crippen molar-refractivity contribution >= 4 is 23.4 Å². The van der Waals surface area contributed by atoms with Gasteiger partial charge in [-0.15, -0.1) is 5.10 Å². The van der Waals surface area contributed by atoms with Gasteiger partial charge in [0.25, 0.3) is 0 Å². The van der Waals surface area contributed by atoms with Crippen molar-refractivity contribution in [3.05, 3.63) is 46.8 Å². The fraction of sp³-hybridized carbons (Fsp3) is 0.167. The Balaban J connectivity index is 1.80. The van der Waals surface area contributed by atoms with Crippen LogP contribution in [0.3, 0.4) is 0 Å². The molecule has 0 aliphatic rings. The quantitative estimate of drug-likeness (QED) is 0.690. The van der Waals surface area contributed by atoms with E-state index in [1.807, 2.05) is 25.1 Å². The third-order valence-corrected chi connectivity index (χ3v) is 3.69. The highest BCUT2D eigenvalue weighted by Gasteiger charge is 2.11. The first kappa shape index (κ1) is 13.1. The number of thioether (sulfide) groups is 1. The predicted molar refractivity (Wildman–Crippen MR) is 75.0 cm³/mol. The summed E-state index contributed by atoms with van der Waals surface area (Å²) >= 11 is 7.45. The largest absolute Gasteiger partial charge is 0.360 e. The number of halogens is 1. The monoisotopic (exact) mass is 307 g/mol. The summed E-state index contributed by atoms with van der Waals surface area (Å²) in [6.07, 6.45) is 0. The fourth-order valence-corrected chi connectivity index (χ4v) is 2.61. The molecule has 0 aliphatic carbocycles. The van der Waals surface area contributed by atoms with Crippen LogP contribution in [0, 0.1) is 6.92 Å². The van der Waals surface area contributed by atoms with Gasteiger partial charge >= 0.3 is 0 Å². The van der Waals surface area contributed by atoms with Gasteiger partial charge in [-0.05, 0) is 35.5 Å². The van der Waals surface area contributed by atoms with E-state index >= 15 is 0 Å². The van der Waals surface area contributed by atoms with E-state index < -0.39 is 0 Å². The molecule has 0 amide bonds. The highest BCUT2D eigenvalue weighted by Crippen LogP contribution is 2.23. The van der Waals surface area contributed by atoms with Gasteiger partial charge in [0.2, 0.25) is 5.16 Å². The summed E-state index contributed by atoms with van der Waals surface area (Å²) in [7, 11) is 0. The second kappa shape index (κ2) is 5.64. The number of nitrogens with zero attached hydrogens (tertiary/aromatic N) is 5. The summed E-state index contributed by atoms with van der Waals surface area (Å²) in [5.74, 6) is 1.40. The van der Waals surface area contributed by atoms with Gasteiger partial charge in [-0.1, -0.05) is 34.6 Å². The molecule has 0 N–H and O–H groups in total. The average molecular weight is 308 g/mol. The first-order valence-corrected chi connectivity index (χ1v) is 7.18. The van der Waals surface area contributed by atoms with Gasteiger partial charge in [-0.2, -0.15) is 4.68 Å². The van der Waals surface area contributed by atoms with E-state index in [0.717, 1.165) is 17.1 Å². The average Bonchev–Trinajstić information content (AvgIpc) is 3.05. The Labute approximate surface area is 124 Å². The van der Waals surface area contributed by atoms with Crippen LogP contribution >= 0.6 is 23.4 Å². The predicted octanol–water partition coefficient (Wildman–Crippen LogP) is 2.90. The van der Waals surface area contributed by atoms with Crippen LogP contribution in [0.4, 0.5) is 0 Å². The highest BCUT2D eigenvalue weighted by molar-refractivity contribution is 7.98. The molecule has 0 radical (unpaired) electrons. The Morgan fingerprint density at radius 2 is 2.25 bits per heavy atom. The van der Waals surface area contributed by atoms with Crippen LogP contribution in [0.15, 0.2) is 40.0 Å². The number of aryl methyl sites for hydroxylation is 1. The van der Waals surface area contributed by atoms with Gasteiger partial charge in [0.05, 0.1) is 17.1 Å². The highest BCUT2D eigenvalue weighted by atomic mass is 35.5. The molecule has 0 spiro atoms. The van der Waals surface area contributed by atoms with E-state index in [1.165, 1.54) is 11.8 Å². The molecule has 8 heteroatoms. The van der Waals surface area contributed by atoms with Crippen LogP contribution in [0.2, 0.25) is 5.02 Å². The molecule has 0 saturated carbocycles. The number of aromatic nitrogens is 5. The van der Waals surface area contributed by atoms with Gasteiger partial charge in [0.15, 0.2) is 0 Å². The van der Waals surface area contributed by atoms with Crippen molar-refractivity contribution in [2.75, 3.05) is 0 Å². The van der Waals surface area contributed by atoms with E-state index in [0.29, 0.717) is 15.9 Å². The van der Waals surface area contributed by atoms with Crippen molar-refractivity contribution in [2.24, 2.45) is 0 Å². The molecule has 0 bridgehead atoms. The van der Waals surface area contributed by atoms with Crippen LogP contribution < -0.4 is 0 Å². The maximum absolute atomic E-state index is 5.98. The molecule has 2 aromatic heterocycles. The van der Waals surface area contributed by atoms with Crippen molar-refractivity contribution < 1.29 is 4.52 Å². The minimum atomic E-state index is 0.613. The Morgan fingerprint density at radius 3 is 3.00 bits per heavy atom. The first-order chi connectivity index (χ1) is 9.72. The molecule has 0 saturated heterocycles. The van der Waals surface area contributed by atoms with Gasteiger partial charge in [-0.3, -0.25) is 0 Å².